The van der Waals surface area contributed by atoms with Gasteiger partial charge < -0.3 is 10.5 Å². The Labute approximate surface area is 77.3 Å². The minimum atomic E-state index is -0.545. The standard InChI is InChI=1S/C9H8BNO2/c10-8(12)5-6-3-1-2-4-7(6)9(11)13/h1-4H,5H2,(H2,11,13). The molecule has 2 N–H and O–H groups in total. The lowest BCUT2D eigenvalue weighted by atomic mass is 9.92. The molecular weight excluding hydrogens is 165 g/mol. The fourth-order valence-electron chi connectivity index (χ4n) is 1.10. The Hall–Kier alpha value is -1.58. The Morgan fingerprint density at radius 1 is 1.31 bits per heavy atom. The predicted molar refractivity (Wildman–Crippen MR) is 49.4 cm³/mol. The maximum Gasteiger partial charge on any atom is 0.248 e. The molecule has 4 heteroatoms. The summed E-state index contributed by atoms with van der Waals surface area (Å²) in [6.07, 6.45) is 0.0408. The van der Waals surface area contributed by atoms with Crippen molar-refractivity contribution in [3.63, 3.8) is 0 Å². The molecule has 0 aromatic heterocycles. The molecule has 3 nitrogen and oxygen atoms in total. The number of carbonyl (C=O) groups excluding carboxylic acids is 2. The van der Waals surface area contributed by atoms with Crippen LogP contribution in [0.15, 0.2) is 24.3 Å². The number of primary amides is 1. The number of hydrogen-bond donors (Lipinski definition) is 1. The Balaban J connectivity index is 3.04. The molecule has 0 atom stereocenters. The zero-order valence-electron chi connectivity index (χ0n) is 6.99. The molecular formula is C9H8BNO2. The molecule has 0 aliphatic rings. The van der Waals surface area contributed by atoms with Gasteiger partial charge in [-0.1, -0.05) is 18.2 Å². The third-order valence-corrected chi connectivity index (χ3v) is 1.65. The summed E-state index contributed by atoms with van der Waals surface area (Å²) >= 11 is 0. The second-order valence-electron chi connectivity index (χ2n) is 2.66. The molecule has 0 fully saturated rings. The van der Waals surface area contributed by atoms with Crippen molar-refractivity contribution < 1.29 is 9.59 Å². The molecule has 0 aliphatic carbocycles. The lowest BCUT2D eigenvalue weighted by Crippen LogP contribution is -2.15. The first-order valence-corrected chi connectivity index (χ1v) is 3.77. The van der Waals surface area contributed by atoms with Gasteiger partial charge in [-0.25, -0.2) is 0 Å². The van der Waals surface area contributed by atoms with E-state index in [1.807, 2.05) is 0 Å². The van der Waals surface area contributed by atoms with E-state index in [-0.39, 0.29) is 6.42 Å². The molecule has 1 aromatic rings. The molecule has 1 rings (SSSR count). The van der Waals surface area contributed by atoms with Crippen molar-refractivity contribution in [3.8, 4) is 0 Å². The van der Waals surface area contributed by atoms with Crippen LogP contribution in [0.3, 0.4) is 0 Å². The summed E-state index contributed by atoms with van der Waals surface area (Å²) in [7, 11) is 5.00. The SMILES string of the molecule is [B]C(=O)Cc1ccccc1C(N)=O. The van der Waals surface area contributed by atoms with Gasteiger partial charge in [0, 0.05) is 12.0 Å². The van der Waals surface area contributed by atoms with Crippen molar-refractivity contribution in [2.75, 3.05) is 0 Å². The molecule has 0 bridgehead atoms. The molecule has 1 aromatic carbocycles. The molecule has 1 amide bonds. The molecule has 0 unspecified atom stereocenters. The van der Waals surface area contributed by atoms with Gasteiger partial charge in [0.15, 0.2) is 7.85 Å². The highest BCUT2D eigenvalue weighted by molar-refractivity contribution is 6.57. The summed E-state index contributed by atoms with van der Waals surface area (Å²) in [6.45, 7) is 0. The fraction of sp³-hybridized carbons (Fsp3) is 0.111. The van der Waals surface area contributed by atoms with Crippen LogP contribution in [0.5, 0.6) is 0 Å². The van der Waals surface area contributed by atoms with E-state index in [4.69, 9.17) is 13.6 Å². The maximum atomic E-state index is 10.9. The average Bonchev–Trinajstić information content (AvgIpc) is 2.03. The summed E-state index contributed by atoms with van der Waals surface area (Å²) in [5.74, 6) is -0.545. The number of rotatable bonds is 3. The highest BCUT2D eigenvalue weighted by atomic mass is 16.1. The Bertz CT molecular complexity index is 349. The molecule has 0 aliphatic heterocycles. The summed E-state index contributed by atoms with van der Waals surface area (Å²) < 4.78 is 0. The minimum absolute atomic E-state index is 0.0408. The number of carbonyl (C=O) groups is 2. The van der Waals surface area contributed by atoms with E-state index >= 15 is 0 Å². The molecule has 13 heavy (non-hydrogen) atoms. The van der Waals surface area contributed by atoms with Crippen LogP contribution in [0.4, 0.5) is 0 Å². The quantitative estimate of drug-likeness (QED) is 0.655. The molecule has 0 spiro atoms. The molecule has 0 heterocycles. The van der Waals surface area contributed by atoms with Crippen LogP contribution in [0.1, 0.15) is 15.9 Å². The molecule has 2 radical (unpaired) electrons. The monoisotopic (exact) mass is 173 g/mol. The van der Waals surface area contributed by atoms with E-state index in [0.717, 1.165) is 0 Å². The largest absolute Gasteiger partial charge is 0.366 e. The highest BCUT2D eigenvalue weighted by Gasteiger charge is 2.07. The van der Waals surface area contributed by atoms with Gasteiger partial charge >= 0.3 is 0 Å². The normalized spacial score (nSPS) is 9.54. The van der Waals surface area contributed by atoms with Crippen molar-refractivity contribution in [1.82, 2.24) is 0 Å². The first-order valence-electron chi connectivity index (χ1n) is 3.77. The van der Waals surface area contributed by atoms with Crippen LogP contribution < -0.4 is 5.73 Å². The van der Waals surface area contributed by atoms with Crippen LogP contribution in [0.2, 0.25) is 0 Å². The zero-order chi connectivity index (χ0) is 9.84. The summed E-state index contributed by atoms with van der Waals surface area (Å²) in [5, 5.41) is 0. The van der Waals surface area contributed by atoms with E-state index in [1.165, 1.54) is 0 Å². The van der Waals surface area contributed by atoms with Crippen molar-refractivity contribution in [2.45, 2.75) is 6.42 Å². The lowest BCUT2D eigenvalue weighted by molar-refractivity contribution is -0.111. The first kappa shape index (κ1) is 9.51. The van der Waals surface area contributed by atoms with Gasteiger partial charge in [-0.2, -0.15) is 0 Å². The van der Waals surface area contributed by atoms with E-state index in [9.17, 15) is 9.59 Å². The zero-order valence-corrected chi connectivity index (χ0v) is 6.99. The second-order valence-corrected chi connectivity index (χ2v) is 2.66. The fourth-order valence-corrected chi connectivity index (χ4v) is 1.10. The average molecular weight is 173 g/mol. The van der Waals surface area contributed by atoms with Gasteiger partial charge in [0.1, 0.15) is 0 Å². The Kier molecular flexibility index (Phi) is 2.85. The van der Waals surface area contributed by atoms with E-state index in [0.29, 0.717) is 11.1 Å². The van der Waals surface area contributed by atoms with Gasteiger partial charge in [0.2, 0.25) is 5.91 Å². The van der Waals surface area contributed by atoms with Gasteiger partial charge in [0.05, 0.1) is 5.68 Å². The molecule has 0 saturated carbocycles. The van der Waals surface area contributed by atoms with Crippen LogP contribution in [0.25, 0.3) is 0 Å². The predicted octanol–water partition coefficient (Wildman–Crippen LogP) is 0.0231. The first-order chi connectivity index (χ1) is 6.11. The third kappa shape index (κ3) is 2.44. The van der Waals surface area contributed by atoms with Crippen LogP contribution in [0, 0.1) is 0 Å². The number of benzene rings is 1. The van der Waals surface area contributed by atoms with E-state index in [1.54, 1.807) is 24.3 Å². The number of hydrogen-bond acceptors (Lipinski definition) is 2. The van der Waals surface area contributed by atoms with Gasteiger partial charge in [-0.05, 0) is 11.6 Å². The van der Waals surface area contributed by atoms with Crippen molar-refractivity contribution in [3.05, 3.63) is 35.4 Å². The van der Waals surface area contributed by atoms with Gasteiger partial charge in [0.25, 0.3) is 0 Å². The Morgan fingerprint density at radius 2 is 1.92 bits per heavy atom. The van der Waals surface area contributed by atoms with Crippen molar-refractivity contribution in [1.29, 1.82) is 0 Å². The second kappa shape index (κ2) is 3.89. The van der Waals surface area contributed by atoms with Gasteiger partial charge in [-0.3, -0.25) is 4.79 Å². The Morgan fingerprint density at radius 3 is 2.46 bits per heavy atom. The number of nitrogens with two attached hydrogens (primary N) is 1. The van der Waals surface area contributed by atoms with Crippen LogP contribution >= 0.6 is 0 Å². The maximum absolute atomic E-state index is 10.9. The minimum Gasteiger partial charge on any atom is -0.366 e. The molecule has 0 saturated heterocycles. The van der Waals surface area contributed by atoms with Crippen LogP contribution in [-0.4, -0.2) is 19.4 Å². The van der Waals surface area contributed by atoms with Crippen molar-refractivity contribution in [2.24, 2.45) is 5.73 Å². The third-order valence-electron chi connectivity index (χ3n) is 1.65. The highest BCUT2D eigenvalue weighted by Crippen LogP contribution is 2.08. The molecule has 64 valence electrons. The summed E-state index contributed by atoms with van der Waals surface area (Å²) in [6, 6.07) is 6.64. The van der Waals surface area contributed by atoms with Gasteiger partial charge in [-0.15, -0.1) is 0 Å². The lowest BCUT2D eigenvalue weighted by Gasteiger charge is -2.03. The summed E-state index contributed by atoms with van der Waals surface area (Å²) in [5.41, 5.74) is 5.54. The smallest absolute Gasteiger partial charge is 0.248 e. The number of amides is 1. The van der Waals surface area contributed by atoms with Crippen LogP contribution in [-0.2, 0) is 11.2 Å². The van der Waals surface area contributed by atoms with Crippen molar-refractivity contribution >= 4 is 19.4 Å². The van der Waals surface area contributed by atoms with E-state index < -0.39 is 11.6 Å². The summed E-state index contributed by atoms with van der Waals surface area (Å²) in [4.78, 5) is 21.5. The topological polar surface area (TPSA) is 60.2 Å². The van der Waals surface area contributed by atoms with E-state index in [2.05, 4.69) is 0 Å².